The fraction of sp³-hybridized carbons (Fsp3) is 0.217. The van der Waals surface area contributed by atoms with Crippen LogP contribution < -0.4 is 5.32 Å². The second-order valence-electron chi connectivity index (χ2n) is 7.62. The maximum atomic E-state index is 12.7. The molecule has 0 atom stereocenters. The Kier molecular flexibility index (Phi) is 5.81. The highest BCUT2D eigenvalue weighted by molar-refractivity contribution is 7.91. The number of anilines is 1. The summed E-state index contributed by atoms with van der Waals surface area (Å²) in [4.78, 5) is 18.0. The van der Waals surface area contributed by atoms with Gasteiger partial charge in [0.15, 0.2) is 0 Å². The first-order valence-electron chi connectivity index (χ1n) is 10.3. The van der Waals surface area contributed by atoms with E-state index in [4.69, 9.17) is 0 Å². The summed E-state index contributed by atoms with van der Waals surface area (Å²) < 4.78 is 28.3. The van der Waals surface area contributed by atoms with Crippen molar-refractivity contribution in [1.29, 1.82) is 0 Å². The number of hydrogen-bond acceptors (Lipinski definition) is 6. The number of nitrogens with one attached hydrogen (secondary N) is 1. The van der Waals surface area contributed by atoms with Crippen molar-refractivity contribution in [2.45, 2.75) is 23.5 Å². The van der Waals surface area contributed by atoms with Gasteiger partial charge in [0.1, 0.15) is 9.22 Å². The summed E-state index contributed by atoms with van der Waals surface area (Å²) in [7, 11) is -3.45. The van der Waals surface area contributed by atoms with E-state index in [1.54, 1.807) is 23.5 Å². The van der Waals surface area contributed by atoms with Gasteiger partial charge in [0.05, 0.1) is 16.6 Å². The minimum atomic E-state index is -3.45. The molecule has 0 spiro atoms. The second-order valence-corrected chi connectivity index (χ2v) is 12.0. The van der Waals surface area contributed by atoms with Crippen LogP contribution in [0.2, 0.25) is 0 Å². The van der Waals surface area contributed by atoms with Crippen LogP contribution in [0.5, 0.6) is 0 Å². The largest absolute Gasteiger partial charge is 0.326 e. The SMILES string of the molecule is O=C(Cc1ccc(S(=O)(=O)N2CCCC2)s1)Nc1cccc(-c2nc3ccccc3s2)c1. The Bertz CT molecular complexity index is 1350. The van der Waals surface area contributed by atoms with Crippen molar-refractivity contribution >= 4 is 54.5 Å². The van der Waals surface area contributed by atoms with Crippen LogP contribution in [0, 0.1) is 0 Å². The van der Waals surface area contributed by atoms with Crippen LogP contribution in [0.3, 0.4) is 0 Å². The number of nitrogens with zero attached hydrogens (tertiary/aromatic N) is 2. The lowest BCUT2D eigenvalue weighted by Gasteiger charge is -2.13. The average molecular weight is 484 g/mol. The highest BCUT2D eigenvalue weighted by Gasteiger charge is 2.28. The second kappa shape index (κ2) is 8.74. The Balaban J connectivity index is 1.28. The number of rotatable bonds is 6. The summed E-state index contributed by atoms with van der Waals surface area (Å²) in [6, 6.07) is 18.9. The lowest BCUT2D eigenvalue weighted by Crippen LogP contribution is -2.27. The summed E-state index contributed by atoms with van der Waals surface area (Å²) in [5.74, 6) is -0.182. The summed E-state index contributed by atoms with van der Waals surface area (Å²) in [5.41, 5.74) is 2.59. The predicted molar refractivity (Wildman–Crippen MR) is 130 cm³/mol. The van der Waals surface area contributed by atoms with E-state index in [1.165, 1.54) is 15.6 Å². The zero-order valence-electron chi connectivity index (χ0n) is 17.2. The number of carbonyl (C=O) groups excluding carboxylic acids is 1. The van der Waals surface area contributed by atoms with Gasteiger partial charge in [0, 0.05) is 29.2 Å². The number of thiazole rings is 1. The van der Waals surface area contributed by atoms with Crippen molar-refractivity contribution in [1.82, 2.24) is 9.29 Å². The zero-order valence-corrected chi connectivity index (χ0v) is 19.6. The van der Waals surface area contributed by atoms with Gasteiger partial charge in [0.25, 0.3) is 10.0 Å². The van der Waals surface area contributed by atoms with Gasteiger partial charge in [-0.25, -0.2) is 13.4 Å². The number of aromatic nitrogens is 1. The highest BCUT2D eigenvalue weighted by Crippen LogP contribution is 2.31. The van der Waals surface area contributed by atoms with E-state index in [2.05, 4.69) is 10.3 Å². The molecule has 1 aliphatic heterocycles. The fourth-order valence-corrected chi connectivity index (χ4v) is 7.72. The molecule has 1 saturated heterocycles. The van der Waals surface area contributed by atoms with Crippen molar-refractivity contribution < 1.29 is 13.2 Å². The molecular weight excluding hydrogens is 462 g/mol. The van der Waals surface area contributed by atoms with Crippen LogP contribution in [0.4, 0.5) is 5.69 Å². The molecule has 0 saturated carbocycles. The normalized spacial score (nSPS) is 14.8. The van der Waals surface area contributed by atoms with E-state index in [0.29, 0.717) is 23.0 Å². The lowest BCUT2D eigenvalue weighted by molar-refractivity contribution is -0.115. The number of fused-ring (bicyclic) bond motifs is 1. The van der Waals surface area contributed by atoms with E-state index < -0.39 is 10.0 Å². The molecule has 6 nitrogen and oxygen atoms in total. The molecule has 3 heterocycles. The van der Waals surface area contributed by atoms with Crippen LogP contribution in [0.15, 0.2) is 64.9 Å². The highest BCUT2D eigenvalue weighted by atomic mass is 32.2. The van der Waals surface area contributed by atoms with Gasteiger partial charge in [-0.05, 0) is 49.2 Å². The summed E-state index contributed by atoms with van der Waals surface area (Å²) >= 11 is 2.78. The topological polar surface area (TPSA) is 79.4 Å². The number of hydrogen-bond donors (Lipinski definition) is 1. The van der Waals surface area contributed by atoms with Crippen molar-refractivity contribution in [2.75, 3.05) is 18.4 Å². The first kappa shape index (κ1) is 21.3. The molecule has 0 unspecified atom stereocenters. The molecule has 5 rings (SSSR count). The molecule has 1 amide bonds. The van der Waals surface area contributed by atoms with Gasteiger partial charge in [-0.2, -0.15) is 4.31 Å². The Morgan fingerprint density at radius 3 is 2.62 bits per heavy atom. The Morgan fingerprint density at radius 1 is 1.00 bits per heavy atom. The van der Waals surface area contributed by atoms with Crippen molar-refractivity contribution in [3.63, 3.8) is 0 Å². The van der Waals surface area contributed by atoms with E-state index in [-0.39, 0.29) is 12.3 Å². The molecule has 1 fully saturated rings. The number of amides is 1. The van der Waals surface area contributed by atoms with Gasteiger partial charge in [-0.1, -0.05) is 24.3 Å². The van der Waals surface area contributed by atoms with Gasteiger partial charge in [0.2, 0.25) is 5.91 Å². The molecule has 2 aromatic carbocycles. The molecule has 0 radical (unpaired) electrons. The third-order valence-corrected chi connectivity index (χ3v) is 9.85. The van der Waals surface area contributed by atoms with E-state index in [0.717, 1.165) is 38.5 Å². The Morgan fingerprint density at radius 2 is 1.81 bits per heavy atom. The third kappa shape index (κ3) is 4.33. The number of para-hydroxylation sites is 1. The van der Waals surface area contributed by atoms with E-state index >= 15 is 0 Å². The lowest BCUT2D eigenvalue weighted by atomic mass is 10.2. The van der Waals surface area contributed by atoms with E-state index in [1.807, 2.05) is 48.5 Å². The third-order valence-electron chi connectivity index (χ3n) is 5.32. The molecule has 1 aliphatic rings. The van der Waals surface area contributed by atoms with Crippen LogP contribution in [0.1, 0.15) is 17.7 Å². The number of sulfonamides is 1. The van der Waals surface area contributed by atoms with Gasteiger partial charge < -0.3 is 5.32 Å². The molecular formula is C23H21N3O3S3. The molecule has 1 N–H and O–H groups in total. The fourth-order valence-electron chi connectivity index (χ4n) is 3.74. The first-order chi connectivity index (χ1) is 15.5. The van der Waals surface area contributed by atoms with Crippen LogP contribution in [-0.2, 0) is 21.2 Å². The minimum absolute atomic E-state index is 0.131. The number of carbonyl (C=O) groups is 1. The number of thiophene rings is 1. The standard InChI is InChI=1S/C23H21N3O3S3/c27-21(15-18-10-11-22(30-18)32(28,29)26-12-3-4-13-26)24-17-7-5-6-16(14-17)23-25-19-8-1-2-9-20(19)31-23/h1-2,5-11,14H,3-4,12-13,15H2,(H,24,27). The smallest absolute Gasteiger partial charge is 0.252 e. The monoisotopic (exact) mass is 483 g/mol. The average Bonchev–Trinajstić information content (AvgIpc) is 3.54. The quantitative estimate of drug-likeness (QED) is 0.419. The predicted octanol–water partition coefficient (Wildman–Crippen LogP) is 4.99. The minimum Gasteiger partial charge on any atom is -0.326 e. The van der Waals surface area contributed by atoms with Crippen LogP contribution in [-0.4, -0.2) is 36.7 Å². The molecule has 0 aliphatic carbocycles. The molecule has 0 bridgehead atoms. The summed E-state index contributed by atoms with van der Waals surface area (Å²) in [5, 5.41) is 3.82. The first-order valence-corrected chi connectivity index (χ1v) is 13.4. The number of benzene rings is 2. The molecule has 9 heteroatoms. The maximum Gasteiger partial charge on any atom is 0.252 e. The Labute approximate surface area is 194 Å². The molecule has 164 valence electrons. The van der Waals surface area contributed by atoms with Crippen molar-refractivity contribution in [3.05, 3.63) is 65.5 Å². The van der Waals surface area contributed by atoms with Gasteiger partial charge in [-0.15, -0.1) is 22.7 Å². The Hall–Kier alpha value is -2.59. The molecule has 32 heavy (non-hydrogen) atoms. The van der Waals surface area contributed by atoms with Crippen molar-refractivity contribution in [2.24, 2.45) is 0 Å². The molecule has 2 aromatic heterocycles. The van der Waals surface area contributed by atoms with Crippen LogP contribution >= 0.6 is 22.7 Å². The molecule has 4 aromatic rings. The van der Waals surface area contributed by atoms with Crippen molar-refractivity contribution in [3.8, 4) is 10.6 Å². The van der Waals surface area contributed by atoms with E-state index in [9.17, 15) is 13.2 Å². The summed E-state index contributed by atoms with van der Waals surface area (Å²) in [6.45, 7) is 1.14. The van der Waals surface area contributed by atoms with Crippen LogP contribution in [0.25, 0.3) is 20.8 Å². The van der Waals surface area contributed by atoms with Gasteiger partial charge >= 0.3 is 0 Å². The van der Waals surface area contributed by atoms with Gasteiger partial charge in [-0.3, -0.25) is 4.79 Å². The summed E-state index contributed by atoms with van der Waals surface area (Å²) in [6.07, 6.45) is 1.93. The maximum absolute atomic E-state index is 12.7. The zero-order chi connectivity index (χ0) is 22.1.